The molecule has 0 radical (unpaired) electrons. The maximum absolute atomic E-state index is 5.15. The van der Waals surface area contributed by atoms with Crippen molar-refractivity contribution in [1.82, 2.24) is 0 Å². The van der Waals surface area contributed by atoms with E-state index in [1.165, 1.54) is 65.5 Å². The zero-order valence-corrected chi connectivity index (χ0v) is 25.3. The molecule has 33 heavy (non-hydrogen) atoms. The lowest BCUT2D eigenvalue weighted by atomic mass is 9.99. The number of allylic oxidation sites excluding steroid dienone is 4. The summed E-state index contributed by atoms with van der Waals surface area (Å²) in [6.07, 6.45) is 19.0. The standard InChI is InChI=1S/C11H14S.C8H12.C5H12.C4H10.C2H6.C2H2/c1-7-5-9(3)11(10(4)12)6-8(7)2;1-7-4-3-5-8(2)6-7;1-4-5(2)3;1-3-4-2;2*1-2/h5-6H,1-4H3;4,6H,3,5H2,1-2H3;5H,4H2,1-3H3;3-4H2,1-2H3;1-2H3;1-2H. The van der Waals surface area contributed by atoms with Crippen LogP contribution in [0.3, 0.4) is 0 Å². The molecule has 0 aromatic heterocycles. The number of thiocarbonyl (C=S) groups is 1. The average molecular weight is 473 g/mol. The summed E-state index contributed by atoms with van der Waals surface area (Å²) in [5, 5.41) is 0. The summed E-state index contributed by atoms with van der Waals surface area (Å²) in [6, 6.07) is 4.37. The van der Waals surface area contributed by atoms with Gasteiger partial charge >= 0.3 is 0 Å². The molecule has 2 rings (SSSR count). The number of rotatable bonds is 3. The van der Waals surface area contributed by atoms with Gasteiger partial charge in [0.05, 0.1) is 0 Å². The van der Waals surface area contributed by atoms with E-state index < -0.39 is 0 Å². The Hall–Kier alpha value is -1.65. The Morgan fingerprint density at radius 3 is 1.58 bits per heavy atom. The molecule has 0 heterocycles. The van der Waals surface area contributed by atoms with Crippen LogP contribution in [0, 0.1) is 39.5 Å². The van der Waals surface area contributed by atoms with Gasteiger partial charge in [-0.05, 0) is 82.6 Å². The molecule has 0 aliphatic heterocycles. The van der Waals surface area contributed by atoms with E-state index in [0.717, 1.165) is 10.8 Å². The maximum atomic E-state index is 5.15. The molecule has 0 amide bonds. The van der Waals surface area contributed by atoms with E-state index in [-0.39, 0.29) is 0 Å². The van der Waals surface area contributed by atoms with Crippen molar-refractivity contribution in [1.29, 1.82) is 0 Å². The molecule has 0 atom stereocenters. The summed E-state index contributed by atoms with van der Waals surface area (Å²) in [5.74, 6) is 0.884. The summed E-state index contributed by atoms with van der Waals surface area (Å²) in [5.41, 5.74) is 8.10. The summed E-state index contributed by atoms with van der Waals surface area (Å²) < 4.78 is 0. The second-order valence-corrected chi connectivity index (χ2v) is 9.20. The fourth-order valence-electron chi connectivity index (χ4n) is 2.39. The molecule has 0 fully saturated rings. The number of unbranched alkanes of at least 4 members (excludes halogenated alkanes) is 1. The first-order valence-corrected chi connectivity index (χ1v) is 13.2. The fourth-order valence-corrected chi connectivity index (χ4v) is 2.61. The summed E-state index contributed by atoms with van der Waals surface area (Å²) in [7, 11) is 0. The quantitative estimate of drug-likeness (QED) is 0.239. The van der Waals surface area contributed by atoms with Gasteiger partial charge in [0.2, 0.25) is 0 Å². The Kier molecular flexibility index (Phi) is 31.1. The molecule has 1 aliphatic rings. The van der Waals surface area contributed by atoms with E-state index in [1.807, 2.05) is 20.8 Å². The Bertz CT molecular complexity index is 682. The minimum atomic E-state index is 0.884. The van der Waals surface area contributed by atoms with Crippen LogP contribution in [-0.4, -0.2) is 4.86 Å². The van der Waals surface area contributed by atoms with Crippen molar-refractivity contribution >= 4 is 17.1 Å². The first-order chi connectivity index (χ1) is 15.5. The van der Waals surface area contributed by atoms with Crippen LogP contribution >= 0.6 is 12.2 Å². The molecule has 1 aliphatic carbocycles. The molecular weight excluding hydrogens is 416 g/mol. The minimum absolute atomic E-state index is 0.884. The van der Waals surface area contributed by atoms with Crippen LogP contribution in [0.2, 0.25) is 0 Å². The van der Waals surface area contributed by atoms with Gasteiger partial charge in [-0.25, -0.2) is 0 Å². The predicted molar refractivity (Wildman–Crippen MR) is 162 cm³/mol. The van der Waals surface area contributed by atoms with Crippen molar-refractivity contribution in [3.8, 4) is 12.8 Å². The van der Waals surface area contributed by atoms with Crippen molar-refractivity contribution in [2.75, 3.05) is 0 Å². The Labute approximate surface area is 215 Å². The van der Waals surface area contributed by atoms with E-state index >= 15 is 0 Å². The third-order valence-corrected chi connectivity index (χ3v) is 5.24. The van der Waals surface area contributed by atoms with E-state index in [1.54, 1.807) is 0 Å². The van der Waals surface area contributed by atoms with Crippen LogP contribution in [-0.2, 0) is 0 Å². The molecule has 0 N–H and O–H groups in total. The largest absolute Gasteiger partial charge is 0.124 e. The average Bonchev–Trinajstić information content (AvgIpc) is 2.79. The fraction of sp³-hybridized carbons (Fsp3) is 0.594. The molecule has 0 saturated heterocycles. The molecule has 1 aromatic rings. The van der Waals surface area contributed by atoms with Crippen LogP contribution in [0.15, 0.2) is 35.4 Å². The monoisotopic (exact) mass is 472 g/mol. The highest BCUT2D eigenvalue weighted by Crippen LogP contribution is 2.16. The summed E-state index contributed by atoms with van der Waals surface area (Å²) >= 11 is 5.15. The van der Waals surface area contributed by atoms with Crippen LogP contribution < -0.4 is 0 Å². The minimum Gasteiger partial charge on any atom is -0.124 e. The van der Waals surface area contributed by atoms with Crippen LogP contribution in [0.1, 0.15) is 124 Å². The normalized spacial score (nSPS) is 11.0. The molecule has 1 heteroatoms. The van der Waals surface area contributed by atoms with Gasteiger partial charge in [0, 0.05) is 4.86 Å². The van der Waals surface area contributed by atoms with Crippen molar-refractivity contribution in [3.63, 3.8) is 0 Å². The lowest BCUT2D eigenvalue weighted by Crippen LogP contribution is -1.96. The van der Waals surface area contributed by atoms with Crippen molar-refractivity contribution < 1.29 is 0 Å². The highest BCUT2D eigenvalue weighted by atomic mass is 32.1. The number of terminal acetylenes is 1. The third kappa shape index (κ3) is 24.8. The Morgan fingerprint density at radius 2 is 1.30 bits per heavy atom. The molecular formula is C32H56S. The SMILES string of the molecule is C#C.CC.CC(=S)c1cc(C)c(C)cc1C.CC1=CCCC(C)=C1.CCC(C)C.CCCC. The Morgan fingerprint density at radius 1 is 0.879 bits per heavy atom. The molecule has 190 valence electrons. The van der Waals surface area contributed by atoms with Gasteiger partial charge < -0.3 is 0 Å². The smallest absolute Gasteiger partial charge is 0.0196 e. The highest BCUT2D eigenvalue weighted by Gasteiger charge is 2.02. The van der Waals surface area contributed by atoms with Gasteiger partial charge in [-0.1, -0.05) is 115 Å². The van der Waals surface area contributed by atoms with E-state index in [0.29, 0.717) is 0 Å². The number of aryl methyl sites for hydroxylation is 3. The number of hydrogen-bond donors (Lipinski definition) is 0. The molecule has 0 nitrogen and oxygen atoms in total. The summed E-state index contributed by atoms with van der Waals surface area (Å²) in [6.45, 7) is 27.7. The zero-order valence-electron chi connectivity index (χ0n) is 24.5. The third-order valence-electron chi connectivity index (χ3n) is 5.02. The van der Waals surface area contributed by atoms with Crippen LogP contribution in [0.4, 0.5) is 0 Å². The molecule has 0 bridgehead atoms. The van der Waals surface area contributed by atoms with Gasteiger partial charge in [-0.15, -0.1) is 12.8 Å². The Balaban J connectivity index is -0.000000174. The van der Waals surface area contributed by atoms with Gasteiger partial charge in [-0.2, -0.15) is 0 Å². The lowest BCUT2D eigenvalue weighted by molar-refractivity contribution is 0.626. The van der Waals surface area contributed by atoms with Crippen molar-refractivity contribution in [3.05, 3.63) is 57.7 Å². The molecule has 1 aromatic carbocycles. The van der Waals surface area contributed by atoms with Crippen molar-refractivity contribution in [2.24, 2.45) is 5.92 Å². The highest BCUT2D eigenvalue weighted by molar-refractivity contribution is 7.80. The number of benzene rings is 1. The zero-order chi connectivity index (χ0) is 27.0. The second-order valence-electron chi connectivity index (χ2n) is 8.59. The lowest BCUT2D eigenvalue weighted by Gasteiger charge is -2.07. The first-order valence-electron chi connectivity index (χ1n) is 12.8. The maximum Gasteiger partial charge on any atom is 0.0196 e. The molecule has 0 unspecified atom stereocenters. The van der Waals surface area contributed by atoms with E-state index in [9.17, 15) is 0 Å². The predicted octanol–water partition coefficient (Wildman–Crippen LogP) is 11.2. The topological polar surface area (TPSA) is 0 Å². The second kappa shape index (κ2) is 26.6. The van der Waals surface area contributed by atoms with Gasteiger partial charge in [0.15, 0.2) is 0 Å². The molecule has 0 spiro atoms. The van der Waals surface area contributed by atoms with E-state index in [4.69, 9.17) is 12.2 Å². The van der Waals surface area contributed by atoms with Crippen LogP contribution in [0.25, 0.3) is 0 Å². The van der Waals surface area contributed by atoms with Gasteiger partial charge in [-0.3, -0.25) is 0 Å². The summed E-state index contributed by atoms with van der Waals surface area (Å²) in [4.78, 5) is 0.982. The van der Waals surface area contributed by atoms with Crippen LogP contribution in [0.5, 0.6) is 0 Å². The van der Waals surface area contributed by atoms with Crippen molar-refractivity contribution in [2.45, 2.75) is 122 Å². The number of hydrogen-bond acceptors (Lipinski definition) is 1. The molecule has 0 saturated carbocycles. The van der Waals surface area contributed by atoms with Gasteiger partial charge in [0.1, 0.15) is 0 Å². The van der Waals surface area contributed by atoms with E-state index in [2.05, 4.69) is 106 Å². The van der Waals surface area contributed by atoms with Gasteiger partial charge in [0.25, 0.3) is 0 Å². The first kappa shape index (κ1) is 38.6.